The van der Waals surface area contributed by atoms with E-state index in [1.807, 2.05) is 11.9 Å². The van der Waals surface area contributed by atoms with Gasteiger partial charge in [-0.2, -0.15) is 0 Å². The van der Waals surface area contributed by atoms with Crippen LogP contribution in [0.15, 0.2) is 0 Å². The van der Waals surface area contributed by atoms with Gasteiger partial charge in [0.1, 0.15) is 0 Å². The van der Waals surface area contributed by atoms with Gasteiger partial charge in [-0.3, -0.25) is 4.79 Å². The van der Waals surface area contributed by atoms with Crippen LogP contribution in [0.2, 0.25) is 0 Å². The maximum absolute atomic E-state index is 12.2. The average molecular weight is 240 g/mol. The summed E-state index contributed by atoms with van der Waals surface area (Å²) in [7, 11) is 1.95. The average Bonchev–Trinajstić information content (AvgIpc) is 2.38. The van der Waals surface area contributed by atoms with E-state index in [1.54, 1.807) is 0 Å². The number of hydrogen-bond acceptors (Lipinski definition) is 2. The van der Waals surface area contributed by atoms with Gasteiger partial charge in [-0.25, -0.2) is 0 Å². The highest BCUT2D eigenvalue weighted by Gasteiger charge is 2.27. The quantitative estimate of drug-likeness (QED) is 0.725. The van der Waals surface area contributed by atoms with Crippen molar-refractivity contribution < 1.29 is 4.79 Å². The molecule has 0 saturated heterocycles. The van der Waals surface area contributed by atoms with Crippen molar-refractivity contribution >= 4 is 5.91 Å². The molecule has 3 heteroatoms. The van der Waals surface area contributed by atoms with E-state index in [4.69, 9.17) is 5.73 Å². The summed E-state index contributed by atoms with van der Waals surface area (Å²) < 4.78 is 0. The summed E-state index contributed by atoms with van der Waals surface area (Å²) in [6.45, 7) is 3.90. The van der Waals surface area contributed by atoms with Crippen molar-refractivity contribution in [3.05, 3.63) is 0 Å². The lowest BCUT2D eigenvalue weighted by atomic mass is 9.81. The summed E-state index contributed by atoms with van der Waals surface area (Å²) >= 11 is 0. The molecule has 3 nitrogen and oxygen atoms in total. The summed E-state index contributed by atoms with van der Waals surface area (Å²) in [5, 5.41) is 0. The number of hydrogen-bond donors (Lipinski definition) is 1. The van der Waals surface area contributed by atoms with Crippen LogP contribution >= 0.6 is 0 Å². The Morgan fingerprint density at radius 1 is 1.24 bits per heavy atom. The van der Waals surface area contributed by atoms with E-state index in [0.717, 1.165) is 45.2 Å². The van der Waals surface area contributed by atoms with Gasteiger partial charge in [0.25, 0.3) is 0 Å². The van der Waals surface area contributed by atoms with E-state index < -0.39 is 0 Å². The van der Waals surface area contributed by atoms with Gasteiger partial charge in [-0.15, -0.1) is 0 Å². The van der Waals surface area contributed by atoms with Crippen molar-refractivity contribution in [1.82, 2.24) is 4.90 Å². The SMILES string of the molecule is CCCCCN(C)C(=O)C1CCC(CN)CC1. The number of amides is 1. The molecule has 0 heterocycles. The Hall–Kier alpha value is -0.570. The Bertz CT molecular complexity index is 222. The summed E-state index contributed by atoms with van der Waals surface area (Å²) in [6, 6.07) is 0. The van der Waals surface area contributed by atoms with Crippen LogP contribution < -0.4 is 5.73 Å². The number of nitrogens with two attached hydrogens (primary N) is 1. The monoisotopic (exact) mass is 240 g/mol. The number of nitrogens with zero attached hydrogens (tertiary/aromatic N) is 1. The van der Waals surface area contributed by atoms with Gasteiger partial charge in [-0.1, -0.05) is 19.8 Å². The summed E-state index contributed by atoms with van der Waals surface area (Å²) in [5.74, 6) is 1.28. The van der Waals surface area contributed by atoms with E-state index >= 15 is 0 Å². The van der Waals surface area contributed by atoms with Crippen LogP contribution in [0.5, 0.6) is 0 Å². The molecule has 1 fully saturated rings. The highest BCUT2D eigenvalue weighted by Crippen LogP contribution is 2.29. The zero-order chi connectivity index (χ0) is 12.7. The fourth-order valence-electron chi connectivity index (χ4n) is 2.67. The van der Waals surface area contributed by atoms with Crippen molar-refractivity contribution in [2.45, 2.75) is 51.9 Å². The molecular weight excluding hydrogens is 212 g/mol. The van der Waals surface area contributed by atoms with Crippen LogP contribution in [0.1, 0.15) is 51.9 Å². The lowest BCUT2D eigenvalue weighted by molar-refractivity contribution is -0.135. The van der Waals surface area contributed by atoms with E-state index in [-0.39, 0.29) is 5.92 Å². The van der Waals surface area contributed by atoms with Crippen molar-refractivity contribution in [3.63, 3.8) is 0 Å². The second kappa shape index (κ2) is 7.70. The Morgan fingerprint density at radius 3 is 2.41 bits per heavy atom. The van der Waals surface area contributed by atoms with Crippen molar-refractivity contribution in [1.29, 1.82) is 0 Å². The van der Waals surface area contributed by atoms with Gasteiger partial charge in [0.05, 0.1) is 0 Å². The number of carbonyl (C=O) groups excluding carboxylic acids is 1. The molecule has 0 aromatic heterocycles. The molecule has 0 atom stereocenters. The van der Waals surface area contributed by atoms with E-state index in [0.29, 0.717) is 11.8 Å². The van der Waals surface area contributed by atoms with Crippen molar-refractivity contribution in [3.8, 4) is 0 Å². The number of rotatable bonds is 6. The minimum absolute atomic E-state index is 0.268. The van der Waals surface area contributed by atoms with Crippen molar-refractivity contribution in [2.75, 3.05) is 20.1 Å². The van der Waals surface area contributed by atoms with Crippen LogP contribution in [-0.4, -0.2) is 30.9 Å². The third-order valence-electron chi connectivity index (χ3n) is 4.00. The van der Waals surface area contributed by atoms with E-state index in [2.05, 4.69) is 6.92 Å². The first-order valence-corrected chi connectivity index (χ1v) is 7.14. The molecule has 2 N–H and O–H groups in total. The fraction of sp³-hybridized carbons (Fsp3) is 0.929. The molecule has 1 aliphatic rings. The molecule has 0 aromatic rings. The van der Waals surface area contributed by atoms with Gasteiger partial charge in [0.15, 0.2) is 0 Å². The van der Waals surface area contributed by atoms with Crippen LogP contribution in [0, 0.1) is 11.8 Å². The molecule has 0 radical (unpaired) electrons. The standard InChI is InChI=1S/C14H28N2O/c1-3-4-5-10-16(2)14(17)13-8-6-12(11-15)7-9-13/h12-13H,3-11,15H2,1-2H3. The molecule has 1 rings (SSSR count). The minimum Gasteiger partial charge on any atom is -0.346 e. The zero-order valence-corrected chi connectivity index (χ0v) is 11.5. The van der Waals surface area contributed by atoms with Gasteiger partial charge >= 0.3 is 0 Å². The van der Waals surface area contributed by atoms with E-state index in [9.17, 15) is 4.79 Å². The van der Waals surface area contributed by atoms with Crippen LogP contribution in [0.4, 0.5) is 0 Å². The topological polar surface area (TPSA) is 46.3 Å². The third kappa shape index (κ3) is 4.66. The molecule has 100 valence electrons. The molecular formula is C14H28N2O. The maximum atomic E-state index is 12.2. The molecule has 0 bridgehead atoms. The Balaban J connectivity index is 2.27. The Morgan fingerprint density at radius 2 is 1.88 bits per heavy atom. The molecule has 0 aromatic carbocycles. The lowest BCUT2D eigenvalue weighted by Gasteiger charge is -2.30. The normalized spacial score (nSPS) is 24.6. The Kier molecular flexibility index (Phi) is 6.56. The van der Waals surface area contributed by atoms with Gasteiger partial charge in [0.2, 0.25) is 5.91 Å². The minimum atomic E-state index is 0.268. The predicted molar refractivity (Wildman–Crippen MR) is 71.7 cm³/mol. The molecule has 1 saturated carbocycles. The molecule has 0 aliphatic heterocycles. The molecule has 0 unspecified atom stereocenters. The zero-order valence-electron chi connectivity index (χ0n) is 11.5. The fourth-order valence-corrected chi connectivity index (χ4v) is 2.67. The largest absolute Gasteiger partial charge is 0.346 e. The molecule has 1 aliphatic carbocycles. The second-order valence-electron chi connectivity index (χ2n) is 5.42. The first kappa shape index (κ1) is 14.5. The molecule has 1 amide bonds. The van der Waals surface area contributed by atoms with Gasteiger partial charge < -0.3 is 10.6 Å². The molecule has 0 spiro atoms. The van der Waals surface area contributed by atoms with Crippen molar-refractivity contribution in [2.24, 2.45) is 17.6 Å². The third-order valence-corrected chi connectivity index (χ3v) is 4.00. The summed E-state index contributed by atoms with van der Waals surface area (Å²) in [4.78, 5) is 14.1. The second-order valence-corrected chi connectivity index (χ2v) is 5.42. The summed E-state index contributed by atoms with van der Waals surface area (Å²) in [6.07, 6.45) is 7.92. The first-order valence-electron chi connectivity index (χ1n) is 7.14. The maximum Gasteiger partial charge on any atom is 0.225 e. The highest BCUT2D eigenvalue weighted by molar-refractivity contribution is 5.78. The van der Waals surface area contributed by atoms with Gasteiger partial charge in [0, 0.05) is 19.5 Å². The van der Waals surface area contributed by atoms with Gasteiger partial charge in [-0.05, 0) is 44.6 Å². The number of carbonyl (C=O) groups is 1. The molecule has 17 heavy (non-hydrogen) atoms. The number of unbranched alkanes of at least 4 members (excludes halogenated alkanes) is 2. The Labute approximate surface area is 106 Å². The lowest BCUT2D eigenvalue weighted by Crippen LogP contribution is -2.36. The van der Waals surface area contributed by atoms with E-state index in [1.165, 1.54) is 12.8 Å². The predicted octanol–water partition coefficient (Wildman–Crippen LogP) is 2.40. The van der Waals surface area contributed by atoms with Crippen LogP contribution in [0.3, 0.4) is 0 Å². The smallest absolute Gasteiger partial charge is 0.225 e. The van der Waals surface area contributed by atoms with Crippen LogP contribution in [0.25, 0.3) is 0 Å². The highest BCUT2D eigenvalue weighted by atomic mass is 16.2. The summed E-state index contributed by atoms with van der Waals surface area (Å²) in [5.41, 5.74) is 5.67. The first-order chi connectivity index (χ1) is 8.19. The van der Waals surface area contributed by atoms with Crippen LogP contribution in [-0.2, 0) is 4.79 Å².